The molecule has 10 heteroatoms. The lowest BCUT2D eigenvalue weighted by molar-refractivity contribution is -0.141. The summed E-state index contributed by atoms with van der Waals surface area (Å²) in [6.45, 7) is 1.98. The quantitative estimate of drug-likeness (QED) is 0.481. The minimum absolute atomic E-state index is 0.0178. The predicted molar refractivity (Wildman–Crippen MR) is 121 cm³/mol. The van der Waals surface area contributed by atoms with Crippen molar-refractivity contribution in [2.75, 3.05) is 6.54 Å². The molecule has 1 amide bonds. The van der Waals surface area contributed by atoms with E-state index in [0.29, 0.717) is 29.3 Å². The first-order chi connectivity index (χ1) is 15.6. The van der Waals surface area contributed by atoms with Gasteiger partial charge in [0.1, 0.15) is 5.92 Å². The molecule has 2 heterocycles. The Balaban J connectivity index is 1.68. The SMILES string of the molecule is CC1=Nc2cc(C(F)(F)F)nn2C(c2ccc(Cl)c(Cl)c2)C1C(=O)NCCc1ccccc1. The number of carbonyl (C=O) groups is 1. The van der Waals surface area contributed by atoms with Gasteiger partial charge in [0.05, 0.1) is 16.1 Å². The van der Waals surface area contributed by atoms with Crippen molar-refractivity contribution in [3.63, 3.8) is 0 Å². The normalized spacial score (nSPS) is 17.9. The predicted octanol–water partition coefficient (Wildman–Crippen LogP) is 5.88. The summed E-state index contributed by atoms with van der Waals surface area (Å²) in [6, 6.07) is 14.3. The number of nitrogens with one attached hydrogen (secondary N) is 1. The molecule has 4 rings (SSSR count). The number of nitrogens with zero attached hydrogens (tertiary/aromatic N) is 3. The summed E-state index contributed by atoms with van der Waals surface area (Å²) >= 11 is 12.2. The Morgan fingerprint density at radius 3 is 2.48 bits per heavy atom. The summed E-state index contributed by atoms with van der Waals surface area (Å²) in [5.41, 5.74) is 0.852. The van der Waals surface area contributed by atoms with Crippen LogP contribution in [0.4, 0.5) is 19.0 Å². The molecule has 1 aliphatic rings. The van der Waals surface area contributed by atoms with E-state index in [9.17, 15) is 18.0 Å². The minimum atomic E-state index is -4.65. The molecule has 0 spiro atoms. The highest BCUT2D eigenvalue weighted by Gasteiger charge is 2.42. The van der Waals surface area contributed by atoms with Crippen molar-refractivity contribution in [1.29, 1.82) is 0 Å². The van der Waals surface area contributed by atoms with Crippen LogP contribution >= 0.6 is 23.2 Å². The van der Waals surface area contributed by atoms with E-state index in [-0.39, 0.29) is 16.7 Å². The van der Waals surface area contributed by atoms with Crippen molar-refractivity contribution in [2.45, 2.75) is 25.6 Å². The molecule has 5 nitrogen and oxygen atoms in total. The van der Waals surface area contributed by atoms with Gasteiger partial charge in [0.2, 0.25) is 5.91 Å². The van der Waals surface area contributed by atoms with Gasteiger partial charge in [-0.15, -0.1) is 0 Å². The maximum atomic E-state index is 13.4. The van der Waals surface area contributed by atoms with Gasteiger partial charge in [-0.05, 0) is 36.6 Å². The smallest absolute Gasteiger partial charge is 0.355 e. The van der Waals surface area contributed by atoms with E-state index in [2.05, 4.69) is 15.4 Å². The van der Waals surface area contributed by atoms with E-state index in [1.807, 2.05) is 30.3 Å². The largest absolute Gasteiger partial charge is 0.435 e. The van der Waals surface area contributed by atoms with Gasteiger partial charge in [-0.25, -0.2) is 9.67 Å². The van der Waals surface area contributed by atoms with Crippen LogP contribution < -0.4 is 5.32 Å². The van der Waals surface area contributed by atoms with Gasteiger partial charge in [0.15, 0.2) is 11.5 Å². The van der Waals surface area contributed by atoms with E-state index in [4.69, 9.17) is 23.2 Å². The van der Waals surface area contributed by atoms with Gasteiger partial charge in [0.25, 0.3) is 0 Å². The first-order valence-corrected chi connectivity index (χ1v) is 10.9. The number of halogens is 5. The standard InChI is InChI=1S/C23H19Cl2F3N4O/c1-13-20(22(33)29-10-9-14-5-3-2-4-6-14)21(15-7-8-16(24)17(25)11-15)32-19(30-13)12-18(31-32)23(26,27)28/h2-8,11-12,20-21H,9-10H2,1H3,(H,29,33). The van der Waals surface area contributed by atoms with Gasteiger partial charge in [-0.1, -0.05) is 59.6 Å². The van der Waals surface area contributed by atoms with E-state index in [1.165, 1.54) is 6.07 Å². The zero-order valence-corrected chi connectivity index (χ0v) is 18.9. The molecule has 3 aromatic rings. The number of amides is 1. The number of benzene rings is 2. The van der Waals surface area contributed by atoms with E-state index in [0.717, 1.165) is 16.3 Å². The molecule has 0 radical (unpaired) electrons. The first kappa shape index (κ1) is 23.3. The monoisotopic (exact) mass is 494 g/mol. The molecular weight excluding hydrogens is 476 g/mol. The van der Waals surface area contributed by atoms with Crippen LogP contribution in [0.3, 0.4) is 0 Å². The van der Waals surface area contributed by atoms with Gasteiger partial charge >= 0.3 is 6.18 Å². The van der Waals surface area contributed by atoms with Crippen molar-refractivity contribution >= 4 is 40.6 Å². The summed E-state index contributed by atoms with van der Waals surface area (Å²) in [7, 11) is 0. The maximum Gasteiger partial charge on any atom is 0.435 e. The molecule has 0 aliphatic carbocycles. The Morgan fingerprint density at radius 2 is 1.82 bits per heavy atom. The lowest BCUT2D eigenvalue weighted by Crippen LogP contribution is -2.42. The van der Waals surface area contributed by atoms with Crippen LogP contribution in [0.25, 0.3) is 0 Å². The van der Waals surface area contributed by atoms with E-state index in [1.54, 1.807) is 19.1 Å². The van der Waals surface area contributed by atoms with Gasteiger partial charge < -0.3 is 5.32 Å². The summed E-state index contributed by atoms with van der Waals surface area (Å²) in [5.74, 6) is -1.23. The zero-order valence-electron chi connectivity index (χ0n) is 17.4. The zero-order chi connectivity index (χ0) is 23.8. The van der Waals surface area contributed by atoms with Crippen LogP contribution in [0.5, 0.6) is 0 Å². The third-order valence-electron chi connectivity index (χ3n) is 5.45. The number of aromatic nitrogens is 2. The lowest BCUT2D eigenvalue weighted by atomic mass is 9.87. The number of alkyl halides is 3. The average molecular weight is 495 g/mol. The van der Waals surface area contributed by atoms with Crippen molar-refractivity contribution in [3.8, 4) is 0 Å². The van der Waals surface area contributed by atoms with Crippen molar-refractivity contribution in [2.24, 2.45) is 10.9 Å². The maximum absolute atomic E-state index is 13.4. The van der Waals surface area contributed by atoms with Crippen LogP contribution in [-0.2, 0) is 17.4 Å². The molecule has 1 N–H and O–H groups in total. The van der Waals surface area contributed by atoms with Crippen LogP contribution in [-0.4, -0.2) is 27.9 Å². The molecule has 2 atom stereocenters. The van der Waals surface area contributed by atoms with E-state index >= 15 is 0 Å². The molecule has 1 aromatic heterocycles. The van der Waals surface area contributed by atoms with Gasteiger partial charge in [-0.3, -0.25) is 4.79 Å². The number of aliphatic imine (C=N–C) groups is 1. The second-order valence-corrected chi connectivity index (χ2v) is 8.52. The van der Waals surface area contributed by atoms with Crippen molar-refractivity contribution in [1.82, 2.24) is 15.1 Å². The highest BCUT2D eigenvalue weighted by molar-refractivity contribution is 6.42. The molecule has 0 saturated carbocycles. The fraction of sp³-hybridized carbons (Fsp3) is 0.261. The first-order valence-electron chi connectivity index (χ1n) is 10.1. The molecule has 172 valence electrons. The third kappa shape index (κ3) is 4.91. The Morgan fingerprint density at radius 1 is 1.09 bits per heavy atom. The topological polar surface area (TPSA) is 59.3 Å². The van der Waals surface area contributed by atoms with Crippen LogP contribution in [0.15, 0.2) is 59.6 Å². The molecular formula is C23H19Cl2F3N4O. The minimum Gasteiger partial charge on any atom is -0.355 e. The number of hydrogen-bond donors (Lipinski definition) is 1. The third-order valence-corrected chi connectivity index (χ3v) is 6.19. The van der Waals surface area contributed by atoms with Crippen molar-refractivity contribution < 1.29 is 18.0 Å². The summed E-state index contributed by atoms with van der Waals surface area (Å²) in [6.07, 6.45) is -4.04. The summed E-state index contributed by atoms with van der Waals surface area (Å²) in [4.78, 5) is 17.5. The molecule has 1 aliphatic heterocycles. The number of carbonyl (C=O) groups excluding carboxylic acids is 1. The fourth-order valence-corrected chi connectivity index (χ4v) is 4.19. The Bertz CT molecular complexity index is 1210. The lowest BCUT2D eigenvalue weighted by Gasteiger charge is -2.31. The Kier molecular flexibility index (Phi) is 6.50. The van der Waals surface area contributed by atoms with Gasteiger partial charge in [0, 0.05) is 18.3 Å². The average Bonchev–Trinajstić information content (AvgIpc) is 3.19. The van der Waals surface area contributed by atoms with Gasteiger partial charge in [-0.2, -0.15) is 18.3 Å². The number of fused-ring (bicyclic) bond motifs is 1. The Hall–Kier alpha value is -2.84. The molecule has 33 heavy (non-hydrogen) atoms. The van der Waals surface area contributed by atoms with Crippen LogP contribution in [0.2, 0.25) is 10.0 Å². The van der Waals surface area contributed by atoms with Crippen molar-refractivity contribution in [3.05, 3.63) is 81.5 Å². The highest BCUT2D eigenvalue weighted by Crippen LogP contribution is 2.41. The molecule has 0 saturated heterocycles. The number of hydrogen-bond acceptors (Lipinski definition) is 3. The second kappa shape index (κ2) is 9.19. The molecule has 2 aromatic carbocycles. The second-order valence-electron chi connectivity index (χ2n) is 7.71. The summed E-state index contributed by atoms with van der Waals surface area (Å²) in [5, 5.41) is 7.16. The Labute approximate surface area is 198 Å². The fourth-order valence-electron chi connectivity index (χ4n) is 3.88. The summed E-state index contributed by atoms with van der Waals surface area (Å²) < 4.78 is 41.2. The molecule has 2 unspecified atom stereocenters. The van der Waals surface area contributed by atoms with Crippen LogP contribution in [0.1, 0.15) is 29.8 Å². The van der Waals surface area contributed by atoms with E-state index < -0.39 is 23.8 Å². The van der Waals surface area contributed by atoms with Crippen LogP contribution in [0, 0.1) is 5.92 Å². The molecule has 0 fully saturated rings. The highest BCUT2D eigenvalue weighted by atomic mass is 35.5. The molecule has 0 bridgehead atoms. The number of rotatable bonds is 5.